The molecule has 1 aliphatic rings. The van der Waals surface area contributed by atoms with Crippen molar-refractivity contribution in [3.05, 3.63) is 0 Å². The molecule has 1 fully saturated rings. The molecule has 0 spiro atoms. The third kappa shape index (κ3) is 1.99. The van der Waals surface area contributed by atoms with Crippen LogP contribution in [0.4, 0.5) is 0 Å². The van der Waals surface area contributed by atoms with Gasteiger partial charge in [0.2, 0.25) is 0 Å². The van der Waals surface area contributed by atoms with Crippen LogP contribution in [0.3, 0.4) is 0 Å². The normalized spacial score (nSPS) is 35.3. The Morgan fingerprint density at radius 3 is 1.78 bits per heavy atom. The van der Waals surface area contributed by atoms with Crippen molar-refractivity contribution in [2.75, 3.05) is 11.8 Å². The Hall–Kier alpha value is 0.540. The van der Waals surface area contributed by atoms with Gasteiger partial charge >= 0.3 is 0 Å². The van der Waals surface area contributed by atoms with Gasteiger partial charge in [-0.15, -0.1) is 23.2 Å². The Kier molecular flexibility index (Phi) is 3.10. The maximum Gasteiger partial charge on any atom is 0.0377 e. The fraction of sp³-hybridized carbons (Fsp3) is 1.00. The molecular formula is C6H11Cl2N. The van der Waals surface area contributed by atoms with Crippen LogP contribution in [0.25, 0.3) is 0 Å². The number of hydrogen-bond donors (Lipinski definition) is 1. The first-order valence-electron chi connectivity index (χ1n) is 3.24. The monoisotopic (exact) mass is 167 g/mol. The second-order valence-electron chi connectivity index (χ2n) is 2.45. The molecule has 1 saturated heterocycles. The molecule has 0 aromatic rings. The summed E-state index contributed by atoms with van der Waals surface area (Å²) in [6, 6.07) is 1.02. The lowest BCUT2D eigenvalue weighted by Crippen LogP contribution is -2.31. The first-order valence-corrected chi connectivity index (χ1v) is 4.31. The van der Waals surface area contributed by atoms with Crippen molar-refractivity contribution in [3.63, 3.8) is 0 Å². The second kappa shape index (κ2) is 3.65. The summed E-state index contributed by atoms with van der Waals surface area (Å²) < 4.78 is 0. The van der Waals surface area contributed by atoms with Crippen LogP contribution in [-0.2, 0) is 0 Å². The highest BCUT2D eigenvalue weighted by Crippen LogP contribution is 2.13. The van der Waals surface area contributed by atoms with E-state index in [9.17, 15) is 0 Å². The molecule has 3 heteroatoms. The molecule has 0 radical (unpaired) electrons. The van der Waals surface area contributed by atoms with E-state index >= 15 is 0 Å². The molecule has 1 heterocycles. The molecule has 9 heavy (non-hydrogen) atoms. The topological polar surface area (TPSA) is 12.0 Å². The summed E-state index contributed by atoms with van der Waals surface area (Å²) in [6.07, 6.45) is 2.36. The van der Waals surface area contributed by atoms with E-state index in [4.69, 9.17) is 23.2 Å². The zero-order chi connectivity index (χ0) is 6.69. The summed E-state index contributed by atoms with van der Waals surface area (Å²) in [4.78, 5) is 0. The predicted molar refractivity (Wildman–Crippen MR) is 41.4 cm³/mol. The molecule has 0 bridgehead atoms. The number of rotatable bonds is 2. The Balaban J connectivity index is 2.20. The van der Waals surface area contributed by atoms with Gasteiger partial charge in [-0.05, 0) is 12.8 Å². The molecule has 2 atom stereocenters. The molecule has 0 aromatic heterocycles. The van der Waals surface area contributed by atoms with E-state index in [1.165, 1.54) is 12.8 Å². The summed E-state index contributed by atoms with van der Waals surface area (Å²) in [5, 5.41) is 3.33. The van der Waals surface area contributed by atoms with Crippen LogP contribution < -0.4 is 5.32 Å². The molecule has 0 aromatic carbocycles. The average molecular weight is 168 g/mol. The Morgan fingerprint density at radius 2 is 1.56 bits per heavy atom. The third-order valence-electron chi connectivity index (χ3n) is 1.71. The van der Waals surface area contributed by atoms with Gasteiger partial charge in [0, 0.05) is 23.8 Å². The maximum absolute atomic E-state index is 5.62. The van der Waals surface area contributed by atoms with Crippen molar-refractivity contribution in [2.24, 2.45) is 0 Å². The van der Waals surface area contributed by atoms with E-state index in [0.717, 1.165) is 0 Å². The number of halogens is 2. The van der Waals surface area contributed by atoms with Crippen LogP contribution >= 0.6 is 23.2 Å². The Morgan fingerprint density at radius 1 is 1.11 bits per heavy atom. The van der Waals surface area contributed by atoms with Crippen LogP contribution in [-0.4, -0.2) is 23.8 Å². The Bertz CT molecular complexity index is 77.1. The van der Waals surface area contributed by atoms with E-state index in [0.29, 0.717) is 23.8 Å². The Labute approximate surface area is 65.7 Å². The average Bonchev–Trinajstić information content (AvgIpc) is 2.34. The molecule has 1 rings (SSSR count). The van der Waals surface area contributed by atoms with Gasteiger partial charge < -0.3 is 5.32 Å². The first-order chi connectivity index (χ1) is 4.36. The van der Waals surface area contributed by atoms with Gasteiger partial charge in [0.05, 0.1) is 0 Å². The fourth-order valence-electron chi connectivity index (χ4n) is 1.15. The van der Waals surface area contributed by atoms with Crippen LogP contribution in [0.5, 0.6) is 0 Å². The summed E-state index contributed by atoms with van der Waals surface area (Å²) in [6.45, 7) is 0. The predicted octanol–water partition coefficient (Wildman–Crippen LogP) is 1.58. The number of nitrogens with one attached hydrogen (secondary N) is 1. The summed E-state index contributed by atoms with van der Waals surface area (Å²) >= 11 is 11.2. The molecule has 0 amide bonds. The van der Waals surface area contributed by atoms with Crippen molar-refractivity contribution in [1.82, 2.24) is 5.32 Å². The van der Waals surface area contributed by atoms with Crippen LogP contribution in [0, 0.1) is 0 Å². The zero-order valence-electron chi connectivity index (χ0n) is 5.24. The summed E-state index contributed by atoms with van der Waals surface area (Å²) in [7, 11) is 0. The summed E-state index contributed by atoms with van der Waals surface area (Å²) in [5.41, 5.74) is 0. The molecule has 1 nitrogen and oxygen atoms in total. The zero-order valence-corrected chi connectivity index (χ0v) is 6.75. The smallest absolute Gasteiger partial charge is 0.0377 e. The molecule has 0 aliphatic carbocycles. The molecule has 1 N–H and O–H groups in total. The largest absolute Gasteiger partial charge is 0.309 e. The lowest BCUT2D eigenvalue weighted by molar-refractivity contribution is 0.604. The van der Waals surface area contributed by atoms with Crippen molar-refractivity contribution in [1.29, 1.82) is 0 Å². The van der Waals surface area contributed by atoms with Crippen LogP contribution in [0.1, 0.15) is 12.8 Å². The quantitative estimate of drug-likeness (QED) is 0.617. The van der Waals surface area contributed by atoms with Gasteiger partial charge in [-0.1, -0.05) is 0 Å². The van der Waals surface area contributed by atoms with Gasteiger partial charge in [0.15, 0.2) is 0 Å². The third-order valence-corrected chi connectivity index (χ3v) is 2.45. The van der Waals surface area contributed by atoms with Gasteiger partial charge in [0.25, 0.3) is 0 Å². The number of hydrogen-bond acceptors (Lipinski definition) is 1. The first kappa shape index (κ1) is 7.64. The van der Waals surface area contributed by atoms with E-state index in [2.05, 4.69) is 5.32 Å². The van der Waals surface area contributed by atoms with Crippen molar-refractivity contribution in [3.8, 4) is 0 Å². The lowest BCUT2D eigenvalue weighted by atomic mass is 10.2. The highest BCUT2D eigenvalue weighted by atomic mass is 35.5. The van der Waals surface area contributed by atoms with Crippen molar-refractivity contribution < 1.29 is 0 Å². The second-order valence-corrected chi connectivity index (χ2v) is 3.06. The van der Waals surface area contributed by atoms with Crippen molar-refractivity contribution >= 4 is 23.2 Å². The molecular weight excluding hydrogens is 157 g/mol. The minimum Gasteiger partial charge on any atom is -0.309 e. The van der Waals surface area contributed by atoms with Gasteiger partial charge in [-0.25, -0.2) is 0 Å². The van der Waals surface area contributed by atoms with Gasteiger partial charge in [-0.3, -0.25) is 0 Å². The summed E-state index contributed by atoms with van der Waals surface area (Å²) in [5.74, 6) is 1.43. The van der Waals surface area contributed by atoms with E-state index in [-0.39, 0.29) is 0 Å². The highest BCUT2D eigenvalue weighted by molar-refractivity contribution is 6.18. The SMILES string of the molecule is ClCC1CCC(CCl)N1. The molecule has 1 aliphatic heterocycles. The minimum atomic E-state index is 0.510. The maximum atomic E-state index is 5.62. The van der Waals surface area contributed by atoms with Crippen LogP contribution in [0.15, 0.2) is 0 Å². The van der Waals surface area contributed by atoms with E-state index in [1.807, 2.05) is 0 Å². The van der Waals surface area contributed by atoms with Crippen molar-refractivity contribution in [2.45, 2.75) is 24.9 Å². The fourth-order valence-corrected chi connectivity index (χ4v) is 1.63. The standard InChI is InChI=1S/C6H11Cl2N/c7-3-5-1-2-6(4-8)9-5/h5-6,9H,1-4H2. The molecule has 54 valence electrons. The van der Waals surface area contributed by atoms with Crippen LogP contribution in [0.2, 0.25) is 0 Å². The highest BCUT2D eigenvalue weighted by Gasteiger charge is 2.21. The van der Waals surface area contributed by atoms with E-state index in [1.54, 1.807) is 0 Å². The van der Waals surface area contributed by atoms with E-state index < -0.39 is 0 Å². The molecule has 2 unspecified atom stereocenters. The van der Waals surface area contributed by atoms with Gasteiger partial charge in [-0.2, -0.15) is 0 Å². The minimum absolute atomic E-state index is 0.510. The molecule has 0 saturated carbocycles. The van der Waals surface area contributed by atoms with Gasteiger partial charge in [0.1, 0.15) is 0 Å². The lowest BCUT2D eigenvalue weighted by Gasteiger charge is -2.07. The number of alkyl halides is 2.